The molecule has 4 rings (SSSR count). The minimum absolute atomic E-state index is 0.110. The fourth-order valence-corrected chi connectivity index (χ4v) is 5.56. The van der Waals surface area contributed by atoms with E-state index in [0.29, 0.717) is 53.2 Å². The Morgan fingerprint density at radius 3 is 2.52 bits per heavy atom. The van der Waals surface area contributed by atoms with Crippen LogP contribution in [-0.4, -0.2) is 55.2 Å². The van der Waals surface area contributed by atoms with Crippen LogP contribution in [0.15, 0.2) is 48.0 Å². The zero-order chi connectivity index (χ0) is 30.6. The molecule has 0 bridgehead atoms. The Hall–Kier alpha value is -4.38. The van der Waals surface area contributed by atoms with Gasteiger partial charge in [-0.1, -0.05) is 43.4 Å². The summed E-state index contributed by atoms with van der Waals surface area (Å²) in [6, 6.07) is 10.6. The van der Waals surface area contributed by atoms with Crippen LogP contribution in [0.2, 0.25) is 0 Å². The molecule has 0 aliphatic carbocycles. The summed E-state index contributed by atoms with van der Waals surface area (Å²) in [5.74, 6) is -0.941. The van der Waals surface area contributed by atoms with Gasteiger partial charge in [-0.2, -0.15) is 0 Å². The molecule has 0 radical (unpaired) electrons. The lowest BCUT2D eigenvalue weighted by Crippen LogP contribution is -2.29. The van der Waals surface area contributed by atoms with Gasteiger partial charge in [0.1, 0.15) is 16.4 Å². The lowest BCUT2D eigenvalue weighted by molar-refractivity contribution is -0.132. The number of hydrogen-bond acceptors (Lipinski definition) is 10. The third kappa shape index (κ3) is 6.11. The highest BCUT2D eigenvalue weighted by molar-refractivity contribution is 7.17. The van der Waals surface area contributed by atoms with Crippen molar-refractivity contribution in [3.63, 3.8) is 0 Å². The lowest BCUT2D eigenvalue weighted by Gasteiger charge is -2.24. The average molecular weight is 595 g/mol. The third-order valence-corrected chi connectivity index (χ3v) is 7.82. The summed E-state index contributed by atoms with van der Waals surface area (Å²) in [6.07, 6.45) is 0.845. The summed E-state index contributed by atoms with van der Waals surface area (Å²) in [5.41, 5.74) is 0.974. The number of amides is 1. The molecule has 222 valence electrons. The lowest BCUT2D eigenvalue weighted by atomic mass is 9.95. The minimum Gasteiger partial charge on any atom is -0.507 e. The van der Waals surface area contributed by atoms with Gasteiger partial charge in [0.05, 0.1) is 44.7 Å². The number of aliphatic hydroxyl groups is 1. The zero-order valence-corrected chi connectivity index (χ0v) is 25.2. The van der Waals surface area contributed by atoms with Crippen molar-refractivity contribution in [2.45, 2.75) is 40.2 Å². The molecule has 0 saturated carbocycles. The number of aliphatic hydroxyl groups excluding tert-OH is 1. The first-order valence-electron chi connectivity index (χ1n) is 13.5. The summed E-state index contributed by atoms with van der Waals surface area (Å²) in [4.78, 5) is 45.4. The number of ether oxygens (including phenoxy) is 4. The first-order chi connectivity index (χ1) is 20.1. The SMILES string of the molecule is CCOc1cccc(/C(O)=C2\C(=O)C(=O)N(c3nc(C)c(C(=O)OC)s3)C2c2ccc(OCCC(C)C)c(OC)c2)c1. The van der Waals surface area contributed by atoms with Crippen molar-refractivity contribution < 1.29 is 38.4 Å². The molecule has 1 aromatic heterocycles. The third-order valence-electron chi connectivity index (χ3n) is 6.68. The Balaban J connectivity index is 1.89. The Kier molecular flexibility index (Phi) is 9.52. The van der Waals surface area contributed by atoms with Crippen LogP contribution in [0.4, 0.5) is 5.13 Å². The second-order valence-electron chi connectivity index (χ2n) is 9.97. The molecule has 42 heavy (non-hydrogen) atoms. The Bertz CT molecular complexity index is 1530. The maximum absolute atomic E-state index is 13.6. The van der Waals surface area contributed by atoms with Crippen molar-refractivity contribution in [2.75, 3.05) is 32.3 Å². The number of carbonyl (C=O) groups excluding carboxylic acids is 3. The summed E-state index contributed by atoms with van der Waals surface area (Å²) < 4.78 is 22.0. The van der Waals surface area contributed by atoms with Crippen molar-refractivity contribution >= 4 is 39.9 Å². The second-order valence-corrected chi connectivity index (χ2v) is 11.0. The van der Waals surface area contributed by atoms with Crippen LogP contribution in [0.3, 0.4) is 0 Å². The highest BCUT2D eigenvalue weighted by atomic mass is 32.1. The molecule has 1 aliphatic heterocycles. The van der Waals surface area contributed by atoms with E-state index in [2.05, 4.69) is 18.8 Å². The van der Waals surface area contributed by atoms with E-state index in [9.17, 15) is 19.5 Å². The number of aromatic nitrogens is 1. The van der Waals surface area contributed by atoms with Gasteiger partial charge in [0.25, 0.3) is 5.78 Å². The number of hydrogen-bond donors (Lipinski definition) is 1. The predicted octanol–water partition coefficient (Wildman–Crippen LogP) is 5.70. The molecular formula is C31H34N2O8S. The second kappa shape index (κ2) is 13.1. The van der Waals surface area contributed by atoms with Crippen LogP contribution >= 0.6 is 11.3 Å². The fourth-order valence-electron chi connectivity index (χ4n) is 4.55. The van der Waals surface area contributed by atoms with Gasteiger partial charge in [-0.15, -0.1) is 0 Å². The van der Waals surface area contributed by atoms with E-state index in [-0.39, 0.29) is 21.3 Å². The number of nitrogens with zero attached hydrogens (tertiary/aromatic N) is 2. The van der Waals surface area contributed by atoms with E-state index < -0.39 is 23.7 Å². The number of esters is 1. The number of aryl methyl sites for hydroxylation is 1. The van der Waals surface area contributed by atoms with Crippen LogP contribution in [0.5, 0.6) is 17.2 Å². The smallest absolute Gasteiger partial charge is 0.350 e. The van der Waals surface area contributed by atoms with Crippen LogP contribution in [0.1, 0.15) is 59.7 Å². The Labute approximate surface area is 248 Å². The van der Waals surface area contributed by atoms with Crippen molar-refractivity contribution in [2.24, 2.45) is 5.92 Å². The number of anilines is 1. The maximum atomic E-state index is 13.6. The largest absolute Gasteiger partial charge is 0.507 e. The van der Waals surface area contributed by atoms with E-state index in [1.807, 2.05) is 6.92 Å². The van der Waals surface area contributed by atoms with Crippen LogP contribution in [0.25, 0.3) is 5.76 Å². The number of Topliss-reactive ketones (excluding diaryl/α,β-unsaturated/α-hetero) is 1. The number of methoxy groups -OCH3 is 2. The molecule has 1 unspecified atom stereocenters. The van der Waals surface area contributed by atoms with Crippen molar-refractivity contribution in [1.82, 2.24) is 4.98 Å². The molecule has 2 aromatic carbocycles. The number of thiazole rings is 1. The van der Waals surface area contributed by atoms with E-state index in [1.165, 1.54) is 19.1 Å². The first kappa shape index (κ1) is 30.6. The molecule has 3 aromatic rings. The number of rotatable bonds is 11. The van der Waals surface area contributed by atoms with E-state index in [0.717, 1.165) is 17.8 Å². The molecule has 1 saturated heterocycles. The summed E-state index contributed by atoms with van der Waals surface area (Å²) in [7, 11) is 2.75. The maximum Gasteiger partial charge on any atom is 0.350 e. The van der Waals surface area contributed by atoms with Gasteiger partial charge in [-0.25, -0.2) is 9.78 Å². The average Bonchev–Trinajstić information content (AvgIpc) is 3.48. The van der Waals surface area contributed by atoms with Crippen LogP contribution in [0, 0.1) is 12.8 Å². The Morgan fingerprint density at radius 1 is 1.10 bits per heavy atom. The van der Waals surface area contributed by atoms with Crippen LogP contribution < -0.4 is 19.1 Å². The predicted molar refractivity (Wildman–Crippen MR) is 159 cm³/mol. The van der Waals surface area contributed by atoms with Gasteiger partial charge >= 0.3 is 11.9 Å². The molecule has 1 amide bonds. The minimum atomic E-state index is -1.09. The molecule has 2 heterocycles. The van der Waals surface area contributed by atoms with Gasteiger partial charge in [-0.05, 0) is 56.0 Å². The zero-order valence-electron chi connectivity index (χ0n) is 24.4. The standard InChI is InChI=1S/C31H34N2O8S/c1-7-40-21-10-8-9-20(15-21)26(34)24-25(19-11-12-22(23(16-19)38-5)41-14-13-17(2)3)33(29(36)27(24)35)31-32-18(4)28(42-31)30(37)39-6/h8-12,15-17,25,34H,7,13-14H2,1-6H3/b26-24+. The number of carbonyl (C=O) groups is 3. The van der Waals surface area contributed by atoms with E-state index in [1.54, 1.807) is 49.4 Å². The molecule has 1 fully saturated rings. The molecule has 1 atom stereocenters. The molecule has 11 heteroatoms. The summed E-state index contributed by atoms with van der Waals surface area (Å²) >= 11 is 0.926. The topological polar surface area (TPSA) is 124 Å². The van der Waals surface area contributed by atoms with Crippen LogP contribution in [-0.2, 0) is 14.3 Å². The fraction of sp³-hybridized carbons (Fsp3) is 0.355. The highest BCUT2D eigenvalue weighted by Gasteiger charge is 2.48. The molecule has 0 spiro atoms. The van der Waals surface area contributed by atoms with Crippen molar-refractivity contribution in [3.8, 4) is 17.2 Å². The Morgan fingerprint density at radius 2 is 1.86 bits per heavy atom. The summed E-state index contributed by atoms with van der Waals surface area (Å²) in [5, 5.41) is 11.6. The summed E-state index contributed by atoms with van der Waals surface area (Å²) in [6.45, 7) is 8.54. The number of ketones is 1. The van der Waals surface area contributed by atoms with Gasteiger partial charge in [0.2, 0.25) is 0 Å². The van der Waals surface area contributed by atoms with Gasteiger partial charge in [0, 0.05) is 5.56 Å². The molecule has 1 aliphatic rings. The molecular weight excluding hydrogens is 560 g/mol. The van der Waals surface area contributed by atoms with Gasteiger partial charge in [0.15, 0.2) is 16.6 Å². The van der Waals surface area contributed by atoms with Crippen molar-refractivity contribution in [1.29, 1.82) is 0 Å². The quantitative estimate of drug-likeness (QED) is 0.129. The van der Waals surface area contributed by atoms with Gasteiger partial charge in [-0.3, -0.25) is 14.5 Å². The number of benzene rings is 2. The van der Waals surface area contributed by atoms with E-state index >= 15 is 0 Å². The van der Waals surface area contributed by atoms with Crippen molar-refractivity contribution in [3.05, 3.63) is 69.7 Å². The normalized spacial score (nSPS) is 16.2. The monoisotopic (exact) mass is 594 g/mol. The first-order valence-corrected chi connectivity index (χ1v) is 14.3. The molecule has 1 N–H and O–H groups in total. The highest BCUT2D eigenvalue weighted by Crippen LogP contribution is 2.45. The van der Waals surface area contributed by atoms with E-state index in [4.69, 9.17) is 18.9 Å². The molecule has 10 nitrogen and oxygen atoms in total. The van der Waals surface area contributed by atoms with Gasteiger partial charge < -0.3 is 24.1 Å².